The normalized spacial score (nSPS) is 19.7. The number of aliphatic imine (C=N–C) groups is 1. The Bertz CT molecular complexity index is 761. The van der Waals surface area contributed by atoms with E-state index in [1.54, 1.807) is 6.92 Å². The molecule has 25 heavy (non-hydrogen) atoms. The van der Waals surface area contributed by atoms with E-state index in [2.05, 4.69) is 14.6 Å². The van der Waals surface area contributed by atoms with E-state index in [-0.39, 0.29) is 17.9 Å². The van der Waals surface area contributed by atoms with E-state index < -0.39 is 10.0 Å². The fourth-order valence-electron chi connectivity index (χ4n) is 3.08. The van der Waals surface area contributed by atoms with E-state index in [9.17, 15) is 8.42 Å². The minimum Gasteiger partial charge on any atom is -0.491 e. The second kappa shape index (κ2) is 7.11. The van der Waals surface area contributed by atoms with Crippen molar-refractivity contribution >= 4 is 22.0 Å². The standard InChI is InChI=1S/C17H25N3O4S/c1-4-25(21,22)19-16-15(24-12(2)3)6-5-13-14(7-10-23-17(13)16)20-9-8-18-11-20/h5-6,11-12,14,19H,4,7-10H2,1-3H3. The number of hydrogen-bond donors (Lipinski definition) is 1. The molecule has 2 aliphatic rings. The minimum atomic E-state index is -3.45. The molecular weight excluding hydrogens is 342 g/mol. The van der Waals surface area contributed by atoms with Gasteiger partial charge in [-0.2, -0.15) is 0 Å². The maximum absolute atomic E-state index is 12.2. The van der Waals surface area contributed by atoms with Gasteiger partial charge in [-0.05, 0) is 32.9 Å². The van der Waals surface area contributed by atoms with Crippen LogP contribution in [0.5, 0.6) is 11.5 Å². The van der Waals surface area contributed by atoms with Crippen LogP contribution in [0.1, 0.15) is 38.8 Å². The lowest BCUT2D eigenvalue weighted by atomic mass is 9.98. The second-order valence-electron chi connectivity index (χ2n) is 6.44. The largest absolute Gasteiger partial charge is 0.491 e. The zero-order valence-corrected chi connectivity index (χ0v) is 15.7. The fraction of sp³-hybridized carbons (Fsp3) is 0.588. The molecule has 0 aromatic heterocycles. The Kier molecular flexibility index (Phi) is 5.08. The van der Waals surface area contributed by atoms with Crippen LogP contribution in [-0.4, -0.2) is 51.2 Å². The van der Waals surface area contributed by atoms with E-state index in [1.165, 1.54) is 0 Å². The highest BCUT2D eigenvalue weighted by Gasteiger charge is 2.31. The van der Waals surface area contributed by atoms with Crippen molar-refractivity contribution in [3.63, 3.8) is 0 Å². The number of nitrogens with one attached hydrogen (secondary N) is 1. The Hall–Kier alpha value is -1.96. The molecule has 1 N–H and O–H groups in total. The average Bonchev–Trinajstić information content (AvgIpc) is 3.10. The van der Waals surface area contributed by atoms with Crippen LogP contribution in [0.15, 0.2) is 17.1 Å². The summed E-state index contributed by atoms with van der Waals surface area (Å²) in [5.74, 6) is 1.04. The summed E-state index contributed by atoms with van der Waals surface area (Å²) in [5.41, 5.74) is 1.36. The minimum absolute atomic E-state index is 0.0139. The predicted octanol–water partition coefficient (Wildman–Crippen LogP) is 2.40. The molecule has 0 fully saturated rings. The number of anilines is 1. The molecule has 0 aliphatic carbocycles. The van der Waals surface area contributed by atoms with E-state index in [1.807, 2.05) is 32.3 Å². The molecule has 0 radical (unpaired) electrons. The predicted molar refractivity (Wildman–Crippen MR) is 98.2 cm³/mol. The molecule has 3 rings (SSSR count). The van der Waals surface area contributed by atoms with E-state index in [0.29, 0.717) is 23.8 Å². The zero-order chi connectivity index (χ0) is 18.0. The monoisotopic (exact) mass is 367 g/mol. The Balaban J connectivity index is 2.05. The fourth-order valence-corrected chi connectivity index (χ4v) is 3.73. The molecule has 1 unspecified atom stereocenters. The number of rotatable bonds is 6. The Morgan fingerprint density at radius 3 is 2.88 bits per heavy atom. The summed E-state index contributed by atoms with van der Waals surface area (Å²) in [5, 5.41) is 0. The van der Waals surface area contributed by atoms with Gasteiger partial charge in [-0.1, -0.05) is 0 Å². The Morgan fingerprint density at radius 2 is 2.24 bits per heavy atom. The second-order valence-corrected chi connectivity index (χ2v) is 8.45. The molecule has 138 valence electrons. The molecule has 2 heterocycles. The molecule has 0 saturated heterocycles. The van der Waals surface area contributed by atoms with Gasteiger partial charge in [-0.25, -0.2) is 8.42 Å². The molecule has 0 saturated carbocycles. The van der Waals surface area contributed by atoms with Crippen molar-refractivity contribution in [1.29, 1.82) is 0 Å². The van der Waals surface area contributed by atoms with Crippen LogP contribution < -0.4 is 14.2 Å². The number of sulfonamides is 1. The molecule has 0 bridgehead atoms. The summed E-state index contributed by atoms with van der Waals surface area (Å²) in [4.78, 5) is 6.47. The smallest absolute Gasteiger partial charge is 0.232 e. The number of benzene rings is 1. The molecule has 7 nitrogen and oxygen atoms in total. The number of hydrogen-bond acceptors (Lipinski definition) is 6. The zero-order valence-electron chi connectivity index (χ0n) is 14.9. The first kappa shape index (κ1) is 17.8. The van der Waals surface area contributed by atoms with Gasteiger partial charge in [0.1, 0.15) is 11.4 Å². The van der Waals surface area contributed by atoms with Gasteiger partial charge in [0.25, 0.3) is 0 Å². The maximum Gasteiger partial charge on any atom is 0.232 e. The van der Waals surface area contributed by atoms with Gasteiger partial charge in [0.15, 0.2) is 5.75 Å². The topological polar surface area (TPSA) is 80.2 Å². The Morgan fingerprint density at radius 1 is 1.44 bits per heavy atom. The van der Waals surface area contributed by atoms with Crippen LogP contribution in [0, 0.1) is 0 Å². The first-order chi connectivity index (χ1) is 11.9. The molecule has 0 amide bonds. The molecule has 8 heteroatoms. The van der Waals surface area contributed by atoms with Crippen molar-refractivity contribution in [2.24, 2.45) is 4.99 Å². The third-order valence-corrected chi connectivity index (χ3v) is 5.54. The number of fused-ring (bicyclic) bond motifs is 1. The van der Waals surface area contributed by atoms with Crippen LogP contribution in [0.2, 0.25) is 0 Å². The van der Waals surface area contributed by atoms with Crippen molar-refractivity contribution in [1.82, 2.24) is 4.90 Å². The molecule has 1 atom stereocenters. The SMILES string of the molecule is CCS(=O)(=O)Nc1c(OC(C)C)ccc2c1OCCC2N1C=NCC1. The van der Waals surface area contributed by atoms with Crippen LogP contribution in [0.3, 0.4) is 0 Å². The van der Waals surface area contributed by atoms with Crippen LogP contribution >= 0.6 is 0 Å². The van der Waals surface area contributed by atoms with Gasteiger partial charge < -0.3 is 14.4 Å². The van der Waals surface area contributed by atoms with Gasteiger partial charge in [0, 0.05) is 18.5 Å². The lowest BCUT2D eigenvalue weighted by molar-refractivity contribution is 0.207. The molecular formula is C17H25N3O4S. The van der Waals surface area contributed by atoms with Gasteiger partial charge in [-0.15, -0.1) is 0 Å². The van der Waals surface area contributed by atoms with Crippen LogP contribution in [0.25, 0.3) is 0 Å². The summed E-state index contributed by atoms with van der Waals surface area (Å²) >= 11 is 0. The molecule has 0 spiro atoms. The first-order valence-corrected chi connectivity index (χ1v) is 10.3. The van der Waals surface area contributed by atoms with E-state index in [0.717, 1.165) is 25.1 Å². The quantitative estimate of drug-likeness (QED) is 0.835. The van der Waals surface area contributed by atoms with Crippen LogP contribution in [0.4, 0.5) is 5.69 Å². The first-order valence-electron chi connectivity index (χ1n) is 8.64. The van der Waals surface area contributed by atoms with Crippen molar-refractivity contribution in [2.45, 2.75) is 39.3 Å². The summed E-state index contributed by atoms with van der Waals surface area (Å²) in [7, 11) is -3.45. The molecule has 1 aromatic carbocycles. The van der Waals surface area contributed by atoms with Crippen molar-refractivity contribution in [2.75, 3.05) is 30.2 Å². The maximum atomic E-state index is 12.2. The summed E-state index contributed by atoms with van der Waals surface area (Å²) in [6.07, 6.45) is 2.63. The third kappa shape index (κ3) is 3.84. The highest BCUT2D eigenvalue weighted by Crippen LogP contribution is 2.46. The number of nitrogens with zero attached hydrogens (tertiary/aromatic N) is 2. The lowest BCUT2D eigenvalue weighted by Gasteiger charge is -2.34. The van der Waals surface area contributed by atoms with Crippen LogP contribution in [-0.2, 0) is 10.0 Å². The Labute approximate surface area is 149 Å². The van der Waals surface area contributed by atoms with Crippen molar-refractivity contribution in [3.8, 4) is 11.5 Å². The van der Waals surface area contributed by atoms with Gasteiger partial charge >= 0.3 is 0 Å². The average molecular weight is 367 g/mol. The summed E-state index contributed by atoms with van der Waals surface area (Å²) < 4.78 is 38.7. The van der Waals surface area contributed by atoms with Crippen molar-refractivity contribution < 1.29 is 17.9 Å². The van der Waals surface area contributed by atoms with E-state index >= 15 is 0 Å². The lowest BCUT2D eigenvalue weighted by Crippen LogP contribution is -2.31. The highest BCUT2D eigenvalue weighted by molar-refractivity contribution is 7.92. The summed E-state index contributed by atoms with van der Waals surface area (Å²) in [6, 6.07) is 3.92. The van der Waals surface area contributed by atoms with Gasteiger partial charge in [0.2, 0.25) is 10.0 Å². The van der Waals surface area contributed by atoms with E-state index in [4.69, 9.17) is 9.47 Å². The van der Waals surface area contributed by atoms with Gasteiger partial charge in [0.05, 0.1) is 37.4 Å². The van der Waals surface area contributed by atoms with Crippen molar-refractivity contribution in [3.05, 3.63) is 17.7 Å². The molecule has 1 aromatic rings. The number of ether oxygens (including phenoxy) is 2. The summed E-state index contributed by atoms with van der Waals surface area (Å²) in [6.45, 7) is 7.59. The third-order valence-electron chi connectivity index (χ3n) is 4.26. The molecule has 2 aliphatic heterocycles. The highest BCUT2D eigenvalue weighted by atomic mass is 32.2. The van der Waals surface area contributed by atoms with Gasteiger partial charge in [-0.3, -0.25) is 9.71 Å².